The maximum absolute atomic E-state index is 8.15. The zero-order valence-corrected chi connectivity index (χ0v) is 13.1. The zero-order chi connectivity index (χ0) is 19.6. The van der Waals surface area contributed by atoms with Gasteiger partial charge in [-0.3, -0.25) is 0 Å². The van der Waals surface area contributed by atoms with Crippen molar-refractivity contribution in [2.45, 2.75) is 0 Å². The second kappa shape index (κ2) is 7.24. The van der Waals surface area contributed by atoms with Crippen molar-refractivity contribution in [3.8, 4) is 5.75 Å². The summed E-state index contributed by atoms with van der Waals surface area (Å²) in [5.74, 6) is 0.741. The number of nitrogen functional groups attached to an aromatic ring is 1. The van der Waals surface area contributed by atoms with Gasteiger partial charge in [-0.25, -0.2) is 0 Å². The van der Waals surface area contributed by atoms with Gasteiger partial charge >= 0.3 is 0 Å². The molecule has 5 heteroatoms. The number of nitrogens with zero attached hydrogens (tertiary/aromatic N) is 2. The van der Waals surface area contributed by atoms with Crippen LogP contribution in [0.3, 0.4) is 0 Å². The van der Waals surface area contributed by atoms with Crippen molar-refractivity contribution in [1.29, 1.82) is 0 Å². The van der Waals surface area contributed by atoms with Crippen LogP contribution in [-0.2, 0) is 4.74 Å². The minimum absolute atomic E-state index is 0.0819. The minimum Gasteiger partial charge on any atom is -0.468 e. The van der Waals surface area contributed by atoms with E-state index in [1.165, 1.54) is 0 Å². The largest absolute Gasteiger partial charge is 0.468 e. The number of ether oxygens (including phenoxy) is 2. The molecule has 0 aromatic heterocycles. The fraction of sp³-hybridized carbons (Fsp3) is 0.333. The molecule has 0 atom stereocenters. The van der Waals surface area contributed by atoms with Crippen molar-refractivity contribution >= 4 is 17.1 Å². The van der Waals surface area contributed by atoms with Gasteiger partial charge in [0.2, 0.25) is 0 Å². The minimum atomic E-state index is -0.180. The van der Waals surface area contributed by atoms with Crippen molar-refractivity contribution in [1.82, 2.24) is 0 Å². The van der Waals surface area contributed by atoms with Gasteiger partial charge < -0.3 is 25.0 Å². The van der Waals surface area contributed by atoms with E-state index in [9.17, 15) is 0 Å². The highest BCUT2D eigenvalue weighted by atomic mass is 16.7. The highest BCUT2D eigenvalue weighted by Gasteiger charge is 2.17. The lowest BCUT2D eigenvalue weighted by atomic mass is 10.2. The van der Waals surface area contributed by atoms with E-state index < -0.39 is 0 Å². The number of hydrogen-bond donors (Lipinski definition) is 1. The van der Waals surface area contributed by atoms with Crippen LogP contribution in [0.25, 0.3) is 0 Å². The molecule has 1 saturated heterocycles. The molecule has 5 nitrogen and oxygen atoms in total. The average Bonchev–Trinajstić information content (AvgIpc) is 2.70. The molecule has 0 radical (unpaired) electrons. The number of piperazine rings is 1. The summed E-state index contributed by atoms with van der Waals surface area (Å²) in [6.07, 6.45) is 0. The number of rotatable bonds is 5. The summed E-state index contributed by atoms with van der Waals surface area (Å²) in [5.41, 5.74) is 6.94. The fourth-order valence-corrected chi connectivity index (χ4v) is 2.54. The first-order chi connectivity index (χ1) is 12.9. The lowest BCUT2D eigenvalue weighted by Crippen LogP contribution is -2.46. The molecule has 2 aromatic carbocycles. The number of benzene rings is 2. The van der Waals surface area contributed by atoms with Crippen LogP contribution in [0.1, 0.15) is 5.48 Å². The Hall–Kier alpha value is -2.40. The van der Waals surface area contributed by atoms with Crippen molar-refractivity contribution in [3.63, 3.8) is 0 Å². The molecule has 0 unspecified atom stereocenters. The lowest BCUT2D eigenvalue weighted by molar-refractivity contribution is 0.0511. The van der Waals surface area contributed by atoms with Gasteiger partial charge in [-0.1, -0.05) is 0 Å². The van der Waals surface area contributed by atoms with E-state index in [1.54, 1.807) is 7.11 Å². The van der Waals surface area contributed by atoms with E-state index in [-0.39, 0.29) is 36.7 Å². The third kappa shape index (κ3) is 3.87. The molecular formula is C18H23N3O2. The van der Waals surface area contributed by atoms with Gasteiger partial charge in [-0.15, -0.1) is 0 Å². The van der Waals surface area contributed by atoms with Crippen molar-refractivity contribution in [2.24, 2.45) is 0 Å². The Kier molecular flexibility index (Phi) is 3.52. The van der Waals surface area contributed by atoms with E-state index in [0.29, 0.717) is 31.9 Å². The summed E-state index contributed by atoms with van der Waals surface area (Å²) in [4.78, 5) is 4.11. The van der Waals surface area contributed by atoms with E-state index in [1.807, 2.05) is 29.2 Å². The smallest absolute Gasteiger partial charge is 0.188 e. The highest BCUT2D eigenvalue weighted by molar-refractivity contribution is 5.55. The van der Waals surface area contributed by atoms with Gasteiger partial charge in [-0.2, -0.15) is 0 Å². The quantitative estimate of drug-likeness (QED) is 0.678. The fourth-order valence-electron chi connectivity index (χ4n) is 2.54. The third-order valence-electron chi connectivity index (χ3n) is 3.77. The van der Waals surface area contributed by atoms with Crippen LogP contribution >= 0.6 is 0 Å². The van der Waals surface area contributed by atoms with Crippen LogP contribution in [0.15, 0.2) is 48.4 Å². The Bertz CT molecular complexity index is 780. The molecule has 1 heterocycles. The zero-order valence-electron chi connectivity index (χ0n) is 17.1. The Morgan fingerprint density at radius 2 is 1.52 bits per heavy atom. The van der Waals surface area contributed by atoms with Crippen molar-refractivity contribution in [3.05, 3.63) is 48.4 Å². The Morgan fingerprint density at radius 1 is 0.957 bits per heavy atom. The summed E-state index contributed by atoms with van der Waals surface area (Å²) in [6.45, 7) is 2.83. The maximum atomic E-state index is 8.15. The van der Waals surface area contributed by atoms with Gasteiger partial charge in [0.05, 0.1) is 5.48 Å². The third-order valence-corrected chi connectivity index (χ3v) is 3.77. The molecule has 1 aliphatic rings. The van der Waals surface area contributed by atoms with E-state index in [2.05, 4.69) is 4.90 Å². The van der Waals surface area contributed by atoms with Gasteiger partial charge in [0.25, 0.3) is 0 Å². The van der Waals surface area contributed by atoms with Crippen LogP contribution in [0.4, 0.5) is 17.1 Å². The van der Waals surface area contributed by atoms with Crippen LogP contribution in [0.2, 0.25) is 0 Å². The van der Waals surface area contributed by atoms with Crippen LogP contribution in [-0.4, -0.2) is 40.1 Å². The predicted molar refractivity (Wildman–Crippen MR) is 94.2 cm³/mol. The van der Waals surface area contributed by atoms with Crippen LogP contribution in [0.5, 0.6) is 5.75 Å². The van der Waals surface area contributed by atoms with Gasteiger partial charge in [-0.05, 0) is 48.4 Å². The summed E-state index contributed by atoms with van der Waals surface area (Å²) in [5, 5.41) is 0. The second-order valence-corrected chi connectivity index (χ2v) is 5.28. The first-order valence-corrected chi connectivity index (χ1v) is 7.51. The summed E-state index contributed by atoms with van der Waals surface area (Å²) < 4.78 is 42.4. The average molecular weight is 317 g/mol. The molecule has 1 aliphatic heterocycles. The molecule has 23 heavy (non-hydrogen) atoms. The number of nitrogens with two attached hydrogens (primary N) is 1. The number of methoxy groups -OCH3 is 1. The Morgan fingerprint density at radius 3 is 2.09 bits per heavy atom. The van der Waals surface area contributed by atoms with E-state index in [0.717, 1.165) is 11.4 Å². The first-order valence-electron chi connectivity index (χ1n) is 9.51. The molecule has 1 fully saturated rings. The molecular weight excluding hydrogens is 290 g/mol. The standard InChI is InChI=1S/C18H23N3O2/c1-22-14-23-18-8-6-17(7-9-18)21-12-10-20(11-13-21)16-4-2-15(19)3-5-16/h2-9H,10-14,19H2,1H3/i2D,3D,4D,5D. The van der Waals surface area contributed by atoms with Crippen molar-refractivity contribution < 1.29 is 15.0 Å². The van der Waals surface area contributed by atoms with Gasteiger partial charge in [0, 0.05) is 50.4 Å². The Balaban J connectivity index is 1.71. The Labute approximate surface area is 142 Å². The van der Waals surface area contributed by atoms with Gasteiger partial charge in [0.15, 0.2) is 6.79 Å². The molecule has 0 spiro atoms. The topological polar surface area (TPSA) is 51.0 Å². The summed E-state index contributed by atoms with van der Waals surface area (Å²) in [6, 6.07) is 7.23. The van der Waals surface area contributed by atoms with Crippen LogP contribution in [0, 0.1) is 0 Å². The van der Waals surface area contributed by atoms with Crippen LogP contribution < -0.4 is 20.3 Å². The second-order valence-electron chi connectivity index (χ2n) is 5.28. The predicted octanol–water partition coefficient (Wildman–Crippen LogP) is 2.58. The normalized spacial score (nSPS) is 17.3. The molecule has 0 amide bonds. The summed E-state index contributed by atoms with van der Waals surface area (Å²) in [7, 11) is 1.58. The molecule has 0 bridgehead atoms. The molecule has 2 N–H and O–H groups in total. The number of anilines is 3. The monoisotopic (exact) mass is 317 g/mol. The lowest BCUT2D eigenvalue weighted by Gasteiger charge is -2.37. The molecule has 122 valence electrons. The molecule has 3 rings (SSSR count). The number of hydrogen-bond acceptors (Lipinski definition) is 5. The van der Waals surface area contributed by atoms with E-state index in [4.69, 9.17) is 20.7 Å². The van der Waals surface area contributed by atoms with Gasteiger partial charge in [0.1, 0.15) is 5.75 Å². The SMILES string of the molecule is [2H]c1c([2H])c(N2CCN(c3ccc(OCOC)cc3)CC2)c([2H])c([2H])c1N. The van der Waals surface area contributed by atoms with E-state index >= 15 is 0 Å². The highest BCUT2D eigenvalue weighted by Crippen LogP contribution is 2.23. The first kappa shape index (κ1) is 11.2. The molecule has 0 saturated carbocycles. The molecule has 2 aromatic rings. The molecule has 0 aliphatic carbocycles. The maximum Gasteiger partial charge on any atom is 0.188 e. The van der Waals surface area contributed by atoms with Crippen molar-refractivity contribution in [2.75, 3.05) is 55.6 Å². The summed E-state index contributed by atoms with van der Waals surface area (Å²) >= 11 is 0.